The van der Waals surface area contributed by atoms with Gasteiger partial charge in [0.05, 0.1) is 0 Å². The largest absolute Gasteiger partial charge is 0.329 e. The minimum Gasteiger partial charge on any atom is -0.329 e. The molecule has 0 saturated heterocycles. The van der Waals surface area contributed by atoms with Gasteiger partial charge in [-0.15, -0.1) is 12.4 Å². The van der Waals surface area contributed by atoms with Crippen molar-refractivity contribution in [2.75, 3.05) is 6.54 Å². The second-order valence-corrected chi connectivity index (χ2v) is 2.75. The van der Waals surface area contributed by atoms with Crippen molar-refractivity contribution >= 4 is 12.4 Å². The second kappa shape index (κ2) is 5.14. The number of aryl methyl sites for hydroxylation is 1. The number of rotatable bonds is 2. The van der Waals surface area contributed by atoms with E-state index in [-0.39, 0.29) is 18.4 Å². The van der Waals surface area contributed by atoms with Crippen molar-refractivity contribution in [3.05, 3.63) is 35.4 Å². The summed E-state index contributed by atoms with van der Waals surface area (Å²) in [5.41, 5.74) is 13.5. The van der Waals surface area contributed by atoms with E-state index in [2.05, 4.69) is 6.92 Å². The van der Waals surface area contributed by atoms with Gasteiger partial charge in [-0.3, -0.25) is 0 Å². The molecule has 0 aliphatic heterocycles. The molecule has 1 unspecified atom stereocenters. The highest BCUT2D eigenvalue weighted by atomic mass is 35.5. The molecule has 0 bridgehead atoms. The molecule has 1 atom stereocenters. The minimum atomic E-state index is -0.0180. The SMILES string of the molecule is Cc1ccc(C(N)CN)cc1.Cl. The van der Waals surface area contributed by atoms with Gasteiger partial charge in [0.15, 0.2) is 0 Å². The summed E-state index contributed by atoms with van der Waals surface area (Å²) in [4.78, 5) is 0. The van der Waals surface area contributed by atoms with Crippen LogP contribution in [0.2, 0.25) is 0 Å². The van der Waals surface area contributed by atoms with E-state index >= 15 is 0 Å². The lowest BCUT2D eigenvalue weighted by Crippen LogP contribution is -2.20. The van der Waals surface area contributed by atoms with Gasteiger partial charge in [0.1, 0.15) is 0 Å². The Morgan fingerprint density at radius 3 is 2.17 bits per heavy atom. The number of hydrogen-bond donors (Lipinski definition) is 2. The van der Waals surface area contributed by atoms with E-state index in [1.807, 2.05) is 24.3 Å². The van der Waals surface area contributed by atoms with E-state index in [0.29, 0.717) is 6.54 Å². The van der Waals surface area contributed by atoms with Gasteiger partial charge in [-0.1, -0.05) is 29.8 Å². The van der Waals surface area contributed by atoms with Gasteiger partial charge < -0.3 is 11.5 Å². The summed E-state index contributed by atoms with van der Waals surface area (Å²) in [6, 6.07) is 8.12. The fourth-order valence-corrected chi connectivity index (χ4v) is 0.950. The molecule has 0 aromatic heterocycles. The molecule has 0 fully saturated rings. The topological polar surface area (TPSA) is 52.0 Å². The molecule has 0 radical (unpaired) electrons. The van der Waals surface area contributed by atoms with Crippen LogP contribution in [0.4, 0.5) is 0 Å². The molecular formula is C9H15ClN2. The Kier molecular flexibility index (Phi) is 4.90. The van der Waals surface area contributed by atoms with Crippen LogP contribution in [0.15, 0.2) is 24.3 Å². The number of benzene rings is 1. The minimum absolute atomic E-state index is 0. The Morgan fingerprint density at radius 2 is 1.75 bits per heavy atom. The van der Waals surface area contributed by atoms with Gasteiger partial charge in [-0.25, -0.2) is 0 Å². The van der Waals surface area contributed by atoms with Crippen molar-refractivity contribution in [1.29, 1.82) is 0 Å². The quantitative estimate of drug-likeness (QED) is 0.733. The lowest BCUT2D eigenvalue weighted by atomic mass is 10.1. The fraction of sp³-hybridized carbons (Fsp3) is 0.333. The van der Waals surface area contributed by atoms with E-state index in [9.17, 15) is 0 Å². The van der Waals surface area contributed by atoms with Crippen molar-refractivity contribution in [3.8, 4) is 0 Å². The first-order chi connectivity index (χ1) is 5.24. The van der Waals surface area contributed by atoms with Crippen LogP contribution in [0, 0.1) is 6.92 Å². The predicted octanol–water partition coefficient (Wildman–Crippen LogP) is 1.38. The molecule has 1 aromatic rings. The Labute approximate surface area is 79.4 Å². The van der Waals surface area contributed by atoms with Gasteiger partial charge in [-0.2, -0.15) is 0 Å². The monoisotopic (exact) mass is 186 g/mol. The van der Waals surface area contributed by atoms with E-state index in [4.69, 9.17) is 11.5 Å². The molecule has 4 N–H and O–H groups in total. The van der Waals surface area contributed by atoms with Crippen molar-refractivity contribution in [2.45, 2.75) is 13.0 Å². The molecule has 0 aliphatic carbocycles. The molecule has 2 nitrogen and oxygen atoms in total. The molecule has 68 valence electrons. The third kappa shape index (κ3) is 2.81. The molecule has 3 heteroatoms. The number of halogens is 1. The van der Waals surface area contributed by atoms with Crippen LogP contribution in [-0.2, 0) is 0 Å². The van der Waals surface area contributed by atoms with Crippen molar-refractivity contribution in [2.24, 2.45) is 11.5 Å². The fourth-order valence-electron chi connectivity index (χ4n) is 0.950. The maximum Gasteiger partial charge on any atom is 0.0419 e. The first-order valence-electron chi connectivity index (χ1n) is 3.76. The molecule has 0 heterocycles. The Bertz CT molecular complexity index is 220. The van der Waals surface area contributed by atoms with Gasteiger partial charge in [0.25, 0.3) is 0 Å². The standard InChI is InChI=1S/C9H14N2.ClH/c1-7-2-4-8(5-3-7)9(11)6-10;/h2-5,9H,6,10-11H2,1H3;1H. The van der Waals surface area contributed by atoms with Gasteiger partial charge in [0.2, 0.25) is 0 Å². The van der Waals surface area contributed by atoms with Gasteiger partial charge >= 0.3 is 0 Å². The highest BCUT2D eigenvalue weighted by Gasteiger charge is 2.00. The Balaban J connectivity index is 0.00000121. The van der Waals surface area contributed by atoms with Crippen molar-refractivity contribution in [3.63, 3.8) is 0 Å². The van der Waals surface area contributed by atoms with Gasteiger partial charge in [0, 0.05) is 12.6 Å². The highest BCUT2D eigenvalue weighted by molar-refractivity contribution is 5.85. The lowest BCUT2D eigenvalue weighted by molar-refractivity contribution is 0.737. The third-order valence-corrected chi connectivity index (χ3v) is 1.76. The van der Waals surface area contributed by atoms with Crippen LogP contribution >= 0.6 is 12.4 Å². The predicted molar refractivity (Wildman–Crippen MR) is 54.4 cm³/mol. The smallest absolute Gasteiger partial charge is 0.0419 e. The summed E-state index contributed by atoms with van der Waals surface area (Å²) in [5, 5.41) is 0. The Hall–Kier alpha value is -0.570. The van der Waals surface area contributed by atoms with Crippen LogP contribution in [0.25, 0.3) is 0 Å². The summed E-state index contributed by atoms with van der Waals surface area (Å²) in [6.45, 7) is 2.56. The first-order valence-corrected chi connectivity index (χ1v) is 3.76. The number of nitrogens with two attached hydrogens (primary N) is 2. The summed E-state index contributed by atoms with van der Waals surface area (Å²) in [7, 11) is 0. The Morgan fingerprint density at radius 1 is 1.25 bits per heavy atom. The van der Waals surface area contributed by atoms with Crippen LogP contribution in [0.5, 0.6) is 0 Å². The zero-order valence-electron chi connectivity index (χ0n) is 7.16. The lowest BCUT2D eigenvalue weighted by Gasteiger charge is -2.08. The summed E-state index contributed by atoms with van der Waals surface area (Å²) in [5.74, 6) is 0. The first kappa shape index (κ1) is 11.4. The molecule has 0 spiro atoms. The van der Waals surface area contributed by atoms with E-state index in [1.165, 1.54) is 5.56 Å². The molecule has 12 heavy (non-hydrogen) atoms. The zero-order valence-corrected chi connectivity index (χ0v) is 7.97. The second-order valence-electron chi connectivity index (χ2n) is 2.75. The molecule has 1 aromatic carbocycles. The zero-order chi connectivity index (χ0) is 8.27. The van der Waals surface area contributed by atoms with Crippen LogP contribution < -0.4 is 11.5 Å². The maximum absolute atomic E-state index is 5.72. The van der Waals surface area contributed by atoms with Crippen LogP contribution in [-0.4, -0.2) is 6.54 Å². The van der Waals surface area contributed by atoms with Gasteiger partial charge in [-0.05, 0) is 12.5 Å². The highest BCUT2D eigenvalue weighted by Crippen LogP contribution is 2.09. The van der Waals surface area contributed by atoms with Crippen LogP contribution in [0.3, 0.4) is 0 Å². The molecule has 1 rings (SSSR count). The van der Waals surface area contributed by atoms with E-state index in [0.717, 1.165) is 5.56 Å². The summed E-state index contributed by atoms with van der Waals surface area (Å²) < 4.78 is 0. The van der Waals surface area contributed by atoms with E-state index < -0.39 is 0 Å². The summed E-state index contributed by atoms with van der Waals surface area (Å²) >= 11 is 0. The molecule has 0 aliphatic rings. The maximum atomic E-state index is 5.72. The average Bonchev–Trinajstić information content (AvgIpc) is 2.05. The molecule has 0 saturated carbocycles. The normalized spacial score (nSPS) is 11.9. The third-order valence-electron chi connectivity index (χ3n) is 1.76. The molecular weight excluding hydrogens is 172 g/mol. The van der Waals surface area contributed by atoms with Crippen molar-refractivity contribution in [1.82, 2.24) is 0 Å². The number of hydrogen-bond acceptors (Lipinski definition) is 2. The molecule has 0 amide bonds. The van der Waals surface area contributed by atoms with Crippen molar-refractivity contribution < 1.29 is 0 Å². The average molecular weight is 187 g/mol. The van der Waals surface area contributed by atoms with E-state index in [1.54, 1.807) is 0 Å². The summed E-state index contributed by atoms with van der Waals surface area (Å²) in [6.07, 6.45) is 0. The van der Waals surface area contributed by atoms with Crippen LogP contribution in [0.1, 0.15) is 17.2 Å².